The van der Waals surface area contributed by atoms with E-state index < -0.39 is 29.2 Å². The first kappa shape index (κ1) is 14.6. The first-order chi connectivity index (χ1) is 8.71. The van der Waals surface area contributed by atoms with E-state index in [1.54, 1.807) is 0 Å². The van der Waals surface area contributed by atoms with Gasteiger partial charge in [0.05, 0.1) is 17.5 Å². The van der Waals surface area contributed by atoms with Gasteiger partial charge in [-0.15, -0.1) is 0 Å². The summed E-state index contributed by atoms with van der Waals surface area (Å²) in [6.07, 6.45) is -4.94. The van der Waals surface area contributed by atoms with Crippen molar-refractivity contribution >= 4 is 11.9 Å². The number of halogens is 3. The number of benzene rings is 1. The first-order valence-electron chi connectivity index (χ1n) is 4.93. The van der Waals surface area contributed by atoms with Crippen LogP contribution in [0.3, 0.4) is 0 Å². The largest absolute Gasteiger partial charge is 0.478 e. The fraction of sp³-hybridized carbons (Fsp3) is 0.167. The second kappa shape index (κ2) is 5.44. The van der Waals surface area contributed by atoms with Crippen LogP contribution in [0.25, 0.3) is 0 Å². The fourth-order valence-corrected chi connectivity index (χ4v) is 1.23. The molecule has 1 aromatic rings. The van der Waals surface area contributed by atoms with Gasteiger partial charge in [0.1, 0.15) is 0 Å². The Kier molecular flexibility index (Phi) is 4.17. The molecule has 0 heterocycles. The molecule has 0 bridgehead atoms. The maximum atomic E-state index is 12.4. The van der Waals surface area contributed by atoms with E-state index in [9.17, 15) is 22.8 Å². The van der Waals surface area contributed by atoms with Gasteiger partial charge in [0, 0.05) is 5.56 Å². The Labute approximate surface area is 106 Å². The maximum Gasteiger partial charge on any atom is 0.416 e. The van der Waals surface area contributed by atoms with Crippen LogP contribution < -0.4 is 5.73 Å². The van der Waals surface area contributed by atoms with Gasteiger partial charge in [-0.05, 0) is 18.2 Å². The minimum absolute atomic E-state index is 0.109. The van der Waals surface area contributed by atoms with Crippen molar-refractivity contribution in [3.8, 4) is 11.8 Å². The number of primary amides is 1. The number of hydrogen-bond acceptors (Lipinski definition) is 2. The lowest BCUT2D eigenvalue weighted by Crippen LogP contribution is -2.09. The van der Waals surface area contributed by atoms with Crippen LogP contribution in [-0.4, -0.2) is 17.0 Å². The van der Waals surface area contributed by atoms with Crippen LogP contribution in [0.1, 0.15) is 27.9 Å². The highest BCUT2D eigenvalue weighted by molar-refractivity contribution is 5.91. The molecular weight excluding hydrogens is 263 g/mol. The lowest BCUT2D eigenvalue weighted by Gasteiger charge is -2.08. The molecule has 0 unspecified atom stereocenters. The summed E-state index contributed by atoms with van der Waals surface area (Å²) in [4.78, 5) is 21.3. The number of hydrogen-bond donors (Lipinski definition) is 2. The van der Waals surface area contributed by atoms with Crippen LogP contribution >= 0.6 is 0 Å². The van der Waals surface area contributed by atoms with Gasteiger partial charge in [-0.25, -0.2) is 4.79 Å². The van der Waals surface area contributed by atoms with Crippen molar-refractivity contribution in [2.24, 2.45) is 5.73 Å². The van der Waals surface area contributed by atoms with Gasteiger partial charge in [-0.1, -0.05) is 11.8 Å². The summed E-state index contributed by atoms with van der Waals surface area (Å²) in [6.45, 7) is 0. The van der Waals surface area contributed by atoms with Crippen LogP contribution in [-0.2, 0) is 11.0 Å². The van der Waals surface area contributed by atoms with Crippen molar-refractivity contribution in [3.05, 3.63) is 34.9 Å². The van der Waals surface area contributed by atoms with E-state index in [4.69, 9.17) is 10.8 Å². The Morgan fingerprint density at radius 2 is 1.95 bits per heavy atom. The highest BCUT2D eigenvalue weighted by Gasteiger charge is 2.31. The second-order valence-electron chi connectivity index (χ2n) is 3.51. The first-order valence-corrected chi connectivity index (χ1v) is 4.93. The average Bonchev–Trinajstić information content (AvgIpc) is 2.27. The summed E-state index contributed by atoms with van der Waals surface area (Å²) in [7, 11) is 0. The highest BCUT2D eigenvalue weighted by atomic mass is 19.4. The number of nitrogens with two attached hydrogens (primary N) is 1. The number of carbonyl (C=O) groups excluding carboxylic acids is 1. The fourth-order valence-electron chi connectivity index (χ4n) is 1.23. The van der Waals surface area contributed by atoms with Crippen molar-refractivity contribution in [3.63, 3.8) is 0 Å². The van der Waals surface area contributed by atoms with Crippen molar-refractivity contribution in [1.29, 1.82) is 0 Å². The average molecular weight is 271 g/mol. The van der Waals surface area contributed by atoms with Gasteiger partial charge in [-0.3, -0.25) is 4.79 Å². The normalized spacial score (nSPS) is 10.5. The van der Waals surface area contributed by atoms with Gasteiger partial charge in [0.15, 0.2) is 0 Å². The Morgan fingerprint density at radius 1 is 1.32 bits per heavy atom. The topological polar surface area (TPSA) is 80.4 Å². The smallest absolute Gasteiger partial charge is 0.416 e. The number of carboxylic acids is 1. The quantitative estimate of drug-likeness (QED) is 0.802. The molecule has 4 nitrogen and oxygen atoms in total. The predicted octanol–water partition coefficient (Wildman–Crippen LogP) is 1.63. The van der Waals surface area contributed by atoms with Crippen molar-refractivity contribution in [1.82, 2.24) is 0 Å². The minimum atomic E-state index is -4.64. The van der Waals surface area contributed by atoms with Crippen molar-refractivity contribution in [2.45, 2.75) is 12.6 Å². The van der Waals surface area contributed by atoms with Gasteiger partial charge in [0.2, 0.25) is 5.91 Å². The minimum Gasteiger partial charge on any atom is -0.478 e. The van der Waals surface area contributed by atoms with Crippen LogP contribution in [0, 0.1) is 11.8 Å². The Hall–Kier alpha value is -2.49. The SMILES string of the molecule is NC(=O)CC#Cc1ccc(C(F)(F)F)cc1C(=O)O. The molecule has 0 aliphatic carbocycles. The third-order valence-electron chi connectivity index (χ3n) is 2.06. The third-order valence-corrected chi connectivity index (χ3v) is 2.06. The van der Waals surface area contributed by atoms with Gasteiger partial charge in [-0.2, -0.15) is 13.2 Å². The van der Waals surface area contributed by atoms with E-state index >= 15 is 0 Å². The zero-order chi connectivity index (χ0) is 14.6. The van der Waals surface area contributed by atoms with E-state index in [2.05, 4.69) is 11.8 Å². The number of carboxylic acid groups (broad SMARTS) is 1. The molecule has 0 aliphatic rings. The summed E-state index contributed by atoms with van der Waals surface area (Å²) in [6, 6.07) is 2.16. The number of amides is 1. The van der Waals surface area contributed by atoms with E-state index in [-0.39, 0.29) is 12.0 Å². The Balaban J connectivity index is 3.22. The number of carbonyl (C=O) groups is 2. The molecule has 100 valence electrons. The van der Waals surface area contributed by atoms with Crippen molar-refractivity contribution in [2.75, 3.05) is 0 Å². The molecular formula is C12H8F3NO3. The number of aromatic carboxylic acids is 1. The molecule has 0 fully saturated rings. The summed E-state index contributed by atoms with van der Waals surface area (Å²) in [5, 5.41) is 8.84. The molecule has 0 saturated heterocycles. The summed E-state index contributed by atoms with van der Waals surface area (Å²) in [5.74, 6) is 2.35. The zero-order valence-corrected chi connectivity index (χ0v) is 9.41. The molecule has 0 aliphatic heterocycles. The van der Waals surface area contributed by atoms with Crippen LogP contribution in [0.5, 0.6) is 0 Å². The molecule has 7 heteroatoms. The molecule has 19 heavy (non-hydrogen) atoms. The molecule has 1 rings (SSSR count). The van der Waals surface area contributed by atoms with Crippen molar-refractivity contribution < 1.29 is 27.9 Å². The summed E-state index contributed by atoms with van der Waals surface area (Å²) >= 11 is 0. The Morgan fingerprint density at radius 3 is 2.42 bits per heavy atom. The molecule has 0 spiro atoms. The molecule has 1 aromatic carbocycles. The van der Waals surface area contributed by atoms with E-state index in [1.165, 1.54) is 0 Å². The predicted molar refractivity (Wildman–Crippen MR) is 59.1 cm³/mol. The van der Waals surface area contributed by atoms with Crippen LogP contribution in [0.15, 0.2) is 18.2 Å². The lowest BCUT2D eigenvalue weighted by atomic mass is 10.0. The van der Waals surface area contributed by atoms with Gasteiger partial charge in [0.25, 0.3) is 0 Å². The molecule has 3 N–H and O–H groups in total. The van der Waals surface area contributed by atoms with Gasteiger partial charge >= 0.3 is 12.1 Å². The highest BCUT2D eigenvalue weighted by Crippen LogP contribution is 2.30. The molecule has 0 atom stereocenters. The van der Waals surface area contributed by atoms with Crippen LogP contribution in [0.2, 0.25) is 0 Å². The summed E-state index contributed by atoms with van der Waals surface area (Å²) < 4.78 is 37.3. The van der Waals surface area contributed by atoms with Crippen LogP contribution in [0.4, 0.5) is 13.2 Å². The van der Waals surface area contributed by atoms with Gasteiger partial charge < -0.3 is 10.8 Å². The lowest BCUT2D eigenvalue weighted by molar-refractivity contribution is -0.137. The monoisotopic (exact) mass is 271 g/mol. The standard InChI is InChI=1S/C12H8F3NO3/c13-12(14,15)8-5-4-7(2-1-3-10(16)17)9(6-8)11(18)19/h4-6H,3H2,(H2,16,17)(H,18,19). The summed E-state index contributed by atoms with van der Waals surface area (Å²) in [5.41, 5.74) is 3.06. The third kappa shape index (κ3) is 4.03. The second-order valence-corrected chi connectivity index (χ2v) is 3.51. The van der Waals surface area contributed by atoms with E-state index in [1.807, 2.05) is 0 Å². The van der Waals surface area contributed by atoms with E-state index in [0.717, 1.165) is 12.1 Å². The molecule has 0 radical (unpaired) electrons. The number of rotatable bonds is 2. The van der Waals surface area contributed by atoms with E-state index in [0.29, 0.717) is 6.07 Å². The Bertz CT molecular complexity index is 582. The zero-order valence-electron chi connectivity index (χ0n) is 9.41. The molecule has 0 aromatic heterocycles. The number of alkyl halides is 3. The molecule has 0 saturated carbocycles. The molecule has 1 amide bonds. The maximum absolute atomic E-state index is 12.4.